The molecule has 3 aromatic rings. The SMILES string of the molecule is CC(COCN)N1CCC[C@H](Nc2nc(-c3c[nH]c4ncc(Cl)cc34)ncc2F)C1. The fourth-order valence-electron chi connectivity index (χ4n) is 3.82. The molecule has 4 heterocycles. The number of fused-ring (bicyclic) bond motifs is 1. The molecule has 8 nitrogen and oxygen atoms in total. The number of hydrogen-bond acceptors (Lipinski definition) is 7. The van der Waals surface area contributed by atoms with Crippen LogP contribution in [0.15, 0.2) is 24.7 Å². The first-order chi connectivity index (χ1) is 14.5. The second kappa shape index (κ2) is 9.22. The van der Waals surface area contributed by atoms with Crippen molar-refractivity contribution in [2.24, 2.45) is 5.73 Å². The van der Waals surface area contributed by atoms with Gasteiger partial charge >= 0.3 is 0 Å². The Bertz CT molecular complexity index is 1010. The van der Waals surface area contributed by atoms with Gasteiger partial charge < -0.3 is 20.8 Å². The van der Waals surface area contributed by atoms with E-state index in [1.807, 2.05) is 0 Å². The molecule has 0 spiro atoms. The zero-order valence-corrected chi connectivity index (χ0v) is 17.5. The van der Waals surface area contributed by atoms with Crippen molar-refractivity contribution < 1.29 is 9.13 Å². The lowest BCUT2D eigenvalue weighted by molar-refractivity contribution is 0.0583. The van der Waals surface area contributed by atoms with Crippen molar-refractivity contribution in [1.82, 2.24) is 24.8 Å². The summed E-state index contributed by atoms with van der Waals surface area (Å²) in [6.07, 6.45) is 6.46. The van der Waals surface area contributed by atoms with Gasteiger partial charge in [-0.25, -0.2) is 19.3 Å². The summed E-state index contributed by atoms with van der Waals surface area (Å²) in [5.41, 5.74) is 6.82. The van der Waals surface area contributed by atoms with Crippen LogP contribution in [-0.4, -0.2) is 63.3 Å². The molecular weight excluding hydrogens is 409 g/mol. The second-order valence-electron chi connectivity index (χ2n) is 7.51. The van der Waals surface area contributed by atoms with E-state index in [-0.39, 0.29) is 24.6 Å². The molecule has 4 N–H and O–H groups in total. The van der Waals surface area contributed by atoms with Crippen LogP contribution in [0.25, 0.3) is 22.4 Å². The van der Waals surface area contributed by atoms with Crippen LogP contribution in [0.4, 0.5) is 10.2 Å². The van der Waals surface area contributed by atoms with Gasteiger partial charge in [-0.1, -0.05) is 11.6 Å². The Labute approximate surface area is 179 Å². The van der Waals surface area contributed by atoms with Crippen molar-refractivity contribution in [3.63, 3.8) is 0 Å². The number of nitrogens with two attached hydrogens (primary N) is 1. The van der Waals surface area contributed by atoms with E-state index in [2.05, 4.69) is 37.1 Å². The number of nitrogens with one attached hydrogen (secondary N) is 2. The van der Waals surface area contributed by atoms with E-state index in [4.69, 9.17) is 22.1 Å². The number of hydrogen-bond donors (Lipinski definition) is 3. The fourth-order valence-corrected chi connectivity index (χ4v) is 3.98. The quantitative estimate of drug-likeness (QED) is 0.492. The Kier molecular flexibility index (Phi) is 6.43. The number of aromatic nitrogens is 4. The number of aromatic amines is 1. The molecule has 0 bridgehead atoms. The molecule has 0 aliphatic carbocycles. The molecule has 4 rings (SSSR count). The number of piperidine rings is 1. The molecule has 1 fully saturated rings. The van der Waals surface area contributed by atoms with Gasteiger partial charge in [0.05, 0.1) is 24.6 Å². The molecule has 1 unspecified atom stereocenters. The summed E-state index contributed by atoms with van der Waals surface area (Å²) >= 11 is 6.08. The molecule has 1 aliphatic heterocycles. The van der Waals surface area contributed by atoms with Crippen molar-refractivity contribution in [2.75, 3.05) is 31.7 Å². The summed E-state index contributed by atoms with van der Waals surface area (Å²) in [4.78, 5) is 18.3. The number of rotatable bonds is 7. The summed E-state index contributed by atoms with van der Waals surface area (Å²) in [5.74, 6) is 0.125. The van der Waals surface area contributed by atoms with E-state index in [1.165, 1.54) is 6.20 Å². The van der Waals surface area contributed by atoms with Crippen LogP contribution in [0, 0.1) is 5.82 Å². The van der Waals surface area contributed by atoms with Crippen molar-refractivity contribution in [1.29, 1.82) is 0 Å². The molecule has 1 aliphatic rings. The average Bonchev–Trinajstić information content (AvgIpc) is 3.17. The first kappa shape index (κ1) is 20.9. The number of likely N-dealkylation sites (tertiary alicyclic amines) is 1. The molecule has 30 heavy (non-hydrogen) atoms. The molecular formula is C20H25ClFN7O. The highest BCUT2D eigenvalue weighted by atomic mass is 35.5. The van der Waals surface area contributed by atoms with Gasteiger partial charge in [0.1, 0.15) is 5.65 Å². The smallest absolute Gasteiger partial charge is 0.183 e. The number of halogens is 2. The number of anilines is 1. The summed E-state index contributed by atoms with van der Waals surface area (Å²) in [5, 5.41) is 4.57. The maximum absolute atomic E-state index is 14.5. The Morgan fingerprint density at radius 1 is 1.43 bits per heavy atom. The van der Waals surface area contributed by atoms with Gasteiger partial charge in [0, 0.05) is 42.0 Å². The average molecular weight is 434 g/mol. The molecule has 2 atom stereocenters. The topological polar surface area (TPSA) is 105 Å². The molecule has 160 valence electrons. The third kappa shape index (κ3) is 4.54. The van der Waals surface area contributed by atoms with Gasteiger partial charge in [0.15, 0.2) is 17.5 Å². The second-order valence-corrected chi connectivity index (χ2v) is 7.94. The highest BCUT2D eigenvalue weighted by Crippen LogP contribution is 2.28. The maximum Gasteiger partial charge on any atom is 0.183 e. The maximum atomic E-state index is 14.5. The first-order valence-electron chi connectivity index (χ1n) is 9.99. The van der Waals surface area contributed by atoms with Crippen LogP contribution in [-0.2, 0) is 4.74 Å². The van der Waals surface area contributed by atoms with Crippen LogP contribution in [0.3, 0.4) is 0 Å². The zero-order valence-electron chi connectivity index (χ0n) is 16.7. The predicted octanol–water partition coefficient (Wildman–Crippen LogP) is 3.01. The lowest BCUT2D eigenvalue weighted by Crippen LogP contribution is -2.48. The number of pyridine rings is 1. The minimum absolute atomic E-state index is 0.0791. The van der Waals surface area contributed by atoms with E-state index in [1.54, 1.807) is 18.5 Å². The molecule has 0 aromatic carbocycles. The summed E-state index contributed by atoms with van der Waals surface area (Å²) in [7, 11) is 0. The predicted molar refractivity (Wildman–Crippen MR) is 115 cm³/mol. The standard InChI is InChI=1S/C20H25ClFN7O/c1-12(10-30-11-23)29-4-2-3-14(9-29)27-20-17(22)8-26-19(28-20)16-7-25-18-15(16)5-13(21)6-24-18/h5-8,12,14H,2-4,9-11,23H2,1H3,(H,24,25)(H,26,27,28)/t12?,14-/m0/s1. The normalized spacial score (nSPS) is 18.6. The van der Waals surface area contributed by atoms with E-state index in [0.717, 1.165) is 36.9 Å². The molecule has 0 amide bonds. The van der Waals surface area contributed by atoms with Gasteiger partial charge in [0.25, 0.3) is 0 Å². The summed E-state index contributed by atoms with van der Waals surface area (Å²) < 4.78 is 19.8. The van der Waals surface area contributed by atoms with Crippen LogP contribution < -0.4 is 11.1 Å². The van der Waals surface area contributed by atoms with Crippen LogP contribution in [0.1, 0.15) is 19.8 Å². The minimum atomic E-state index is -0.480. The highest BCUT2D eigenvalue weighted by molar-refractivity contribution is 6.31. The van der Waals surface area contributed by atoms with Crippen LogP contribution >= 0.6 is 11.6 Å². The fraction of sp³-hybridized carbons (Fsp3) is 0.450. The number of ether oxygens (including phenoxy) is 1. The van der Waals surface area contributed by atoms with E-state index in [9.17, 15) is 4.39 Å². The van der Waals surface area contributed by atoms with Crippen molar-refractivity contribution in [3.8, 4) is 11.4 Å². The summed E-state index contributed by atoms with van der Waals surface area (Å²) in [6.45, 7) is 4.65. The highest BCUT2D eigenvalue weighted by Gasteiger charge is 2.25. The Hall–Kier alpha value is -2.33. The van der Waals surface area contributed by atoms with Crippen LogP contribution in [0.2, 0.25) is 5.02 Å². The Morgan fingerprint density at radius 2 is 2.30 bits per heavy atom. The zero-order chi connectivity index (χ0) is 21.1. The number of nitrogens with zero attached hydrogens (tertiary/aromatic N) is 4. The van der Waals surface area contributed by atoms with E-state index >= 15 is 0 Å². The first-order valence-corrected chi connectivity index (χ1v) is 10.4. The Balaban J connectivity index is 1.53. The van der Waals surface area contributed by atoms with Gasteiger partial charge in [-0.05, 0) is 32.4 Å². The molecule has 1 saturated heterocycles. The van der Waals surface area contributed by atoms with Gasteiger partial charge in [-0.15, -0.1) is 0 Å². The largest absolute Gasteiger partial charge is 0.365 e. The van der Waals surface area contributed by atoms with E-state index in [0.29, 0.717) is 23.1 Å². The molecule has 0 radical (unpaired) electrons. The van der Waals surface area contributed by atoms with Gasteiger partial charge in [-0.3, -0.25) is 4.90 Å². The lowest BCUT2D eigenvalue weighted by atomic mass is 10.0. The lowest BCUT2D eigenvalue weighted by Gasteiger charge is -2.37. The third-order valence-corrected chi connectivity index (χ3v) is 5.58. The monoisotopic (exact) mass is 433 g/mol. The molecule has 3 aromatic heterocycles. The van der Waals surface area contributed by atoms with Gasteiger partial charge in [-0.2, -0.15) is 0 Å². The molecule has 10 heteroatoms. The Morgan fingerprint density at radius 3 is 3.13 bits per heavy atom. The third-order valence-electron chi connectivity index (χ3n) is 5.38. The van der Waals surface area contributed by atoms with Crippen molar-refractivity contribution in [2.45, 2.75) is 31.8 Å². The van der Waals surface area contributed by atoms with Crippen molar-refractivity contribution in [3.05, 3.63) is 35.5 Å². The number of H-pyrrole nitrogens is 1. The van der Waals surface area contributed by atoms with Crippen molar-refractivity contribution >= 4 is 28.5 Å². The molecule has 0 saturated carbocycles. The van der Waals surface area contributed by atoms with Crippen LogP contribution in [0.5, 0.6) is 0 Å². The van der Waals surface area contributed by atoms with E-state index < -0.39 is 5.82 Å². The minimum Gasteiger partial charge on any atom is -0.365 e. The summed E-state index contributed by atoms with van der Waals surface area (Å²) in [6, 6.07) is 2.11. The van der Waals surface area contributed by atoms with Gasteiger partial charge in [0.2, 0.25) is 0 Å².